The maximum absolute atomic E-state index is 11.8. The zero-order valence-electron chi connectivity index (χ0n) is 12.8. The fourth-order valence-electron chi connectivity index (χ4n) is 2.49. The molecule has 0 unspecified atom stereocenters. The van der Waals surface area contributed by atoms with Gasteiger partial charge in [-0.05, 0) is 53.0 Å². The molecule has 1 rings (SSSR count). The Labute approximate surface area is 117 Å². The number of hydrogen-bond acceptors (Lipinski definition) is 4. The number of piperidine rings is 1. The van der Waals surface area contributed by atoms with E-state index in [0.29, 0.717) is 19.0 Å². The minimum atomic E-state index is 0.210. The first kappa shape index (κ1) is 16.4. The quantitative estimate of drug-likeness (QED) is 0.718. The zero-order valence-corrected chi connectivity index (χ0v) is 12.8. The summed E-state index contributed by atoms with van der Waals surface area (Å²) in [4.78, 5) is 18.4. The van der Waals surface area contributed by atoms with E-state index in [1.807, 2.05) is 11.9 Å². The first-order valence-electron chi connectivity index (χ1n) is 7.37. The van der Waals surface area contributed by atoms with Gasteiger partial charge in [0.25, 0.3) is 0 Å². The molecule has 1 aliphatic rings. The summed E-state index contributed by atoms with van der Waals surface area (Å²) in [6, 6.07) is 0.670. The summed E-state index contributed by atoms with van der Waals surface area (Å²) < 4.78 is 0. The van der Waals surface area contributed by atoms with E-state index >= 15 is 0 Å². The van der Waals surface area contributed by atoms with Gasteiger partial charge in [0.2, 0.25) is 5.91 Å². The largest absolute Gasteiger partial charge is 0.344 e. The second-order valence-electron chi connectivity index (χ2n) is 5.72. The van der Waals surface area contributed by atoms with Gasteiger partial charge in [0.1, 0.15) is 0 Å². The number of amides is 1. The molecule has 1 saturated heterocycles. The molecule has 0 radical (unpaired) electrons. The van der Waals surface area contributed by atoms with Gasteiger partial charge in [-0.1, -0.05) is 0 Å². The minimum Gasteiger partial charge on any atom is -0.344 e. The highest BCUT2D eigenvalue weighted by Crippen LogP contribution is 2.13. The first-order valence-corrected chi connectivity index (χ1v) is 7.37. The second-order valence-corrected chi connectivity index (χ2v) is 5.72. The summed E-state index contributed by atoms with van der Waals surface area (Å²) in [5.41, 5.74) is 5.42. The molecule has 0 aromatic rings. The lowest BCUT2D eigenvalue weighted by Crippen LogP contribution is -2.44. The molecule has 0 aromatic heterocycles. The molecular weight excluding hydrogens is 240 g/mol. The summed E-state index contributed by atoms with van der Waals surface area (Å²) in [6.45, 7) is 4.72. The van der Waals surface area contributed by atoms with Crippen molar-refractivity contribution in [1.29, 1.82) is 0 Å². The molecule has 19 heavy (non-hydrogen) atoms. The number of rotatable bonds is 7. The van der Waals surface area contributed by atoms with Crippen molar-refractivity contribution >= 4 is 5.91 Å². The van der Waals surface area contributed by atoms with Gasteiger partial charge in [-0.25, -0.2) is 0 Å². The van der Waals surface area contributed by atoms with Crippen LogP contribution in [0.1, 0.15) is 25.7 Å². The molecule has 0 bridgehead atoms. The lowest BCUT2D eigenvalue weighted by Gasteiger charge is -2.35. The molecule has 1 aliphatic heterocycles. The van der Waals surface area contributed by atoms with E-state index in [9.17, 15) is 4.79 Å². The van der Waals surface area contributed by atoms with Crippen molar-refractivity contribution in [3.63, 3.8) is 0 Å². The molecule has 0 atom stereocenters. The molecule has 2 N–H and O–H groups in total. The third kappa shape index (κ3) is 5.89. The topological polar surface area (TPSA) is 52.8 Å². The Morgan fingerprint density at radius 2 is 1.89 bits per heavy atom. The van der Waals surface area contributed by atoms with Crippen LogP contribution in [0.25, 0.3) is 0 Å². The molecular formula is C14H30N4O. The van der Waals surface area contributed by atoms with Crippen LogP contribution in [0.5, 0.6) is 0 Å². The third-order valence-electron chi connectivity index (χ3n) is 4.12. The Bertz CT molecular complexity index is 264. The summed E-state index contributed by atoms with van der Waals surface area (Å²) in [7, 11) is 6.25. The van der Waals surface area contributed by atoms with E-state index in [4.69, 9.17) is 5.73 Å². The minimum absolute atomic E-state index is 0.210. The monoisotopic (exact) mass is 270 g/mol. The molecule has 1 amide bonds. The van der Waals surface area contributed by atoms with Crippen LogP contribution in [0.3, 0.4) is 0 Å². The zero-order chi connectivity index (χ0) is 14.3. The fraction of sp³-hybridized carbons (Fsp3) is 0.929. The van der Waals surface area contributed by atoms with Crippen molar-refractivity contribution in [2.75, 3.05) is 53.9 Å². The maximum atomic E-state index is 11.8. The average Bonchev–Trinajstić information content (AvgIpc) is 2.42. The summed E-state index contributed by atoms with van der Waals surface area (Å²) in [6.07, 6.45) is 3.83. The van der Waals surface area contributed by atoms with Crippen molar-refractivity contribution < 1.29 is 4.79 Å². The van der Waals surface area contributed by atoms with Gasteiger partial charge in [-0.2, -0.15) is 0 Å². The normalized spacial score (nSPS) is 17.9. The van der Waals surface area contributed by atoms with Crippen LogP contribution < -0.4 is 5.73 Å². The molecule has 5 nitrogen and oxygen atoms in total. The number of nitrogens with two attached hydrogens (primary N) is 1. The van der Waals surface area contributed by atoms with E-state index < -0.39 is 0 Å². The number of likely N-dealkylation sites (N-methyl/N-ethyl adjacent to an activating group) is 2. The summed E-state index contributed by atoms with van der Waals surface area (Å²) in [5.74, 6) is 0.210. The van der Waals surface area contributed by atoms with Crippen LogP contribution in [-0.4, -0.2) is 80.5 Å². The molecule has 1 heterocycles. The lowest BCUT2D eigenvalue weighted by molar-refractivity contribution is -0.130. The predicted molar refractivity (Wildman–Crippen MR) is 79.1 cm³/mol. The van der Waals surface area contributed by atoms with Crippen molar-refractivity contribution in [3.8, 4) is 0 Å². The molecule has 0 aromatic carbocycles. The van der Waals surface area contributed by atoms with Crippen molar-refractivity contribution in [3.05, 3.63) is 0 Å². The van der Waals surface area contributed by atoms with Crippen LogP contribution in [0, 0.1) is 0 Å². The number of carbonyl (C=O) groups is 1. The third-order valence-corrected chi connectivity index (χ3v) is 4.12. The number of likely N-dealkylation sites (tertiary alicyclic amines) is 1. The van der Waals surface area contributed by atoms with Crippen LogP contribution >= 0.6 is 0 Å². The standard InChI is InChI=1S/C14H30N4O/c1-16-9-6-13(7-10-16)17(2)11-12-18(3)14(19)5-4-8-15/h13H,4-12,15H2,1-3H3. The van der Waals surface area contributed by atoms with Gasteiger partial charge in [-0.3, -0.25) is 4.79 Å². The molecule has 0 saturated carbocycles. The SMILES string of the molecule is CN1CCC(N(C)CCN(C)C(=O)CCCN)CC1. The molecule has 5 heteroatoms. The van der Waals surface area contributed by atoms with E-state index in [0.717, 1.165) is 19.5 Å². The first-order chi connectivity index (χ1) is 9.04. The van der Waals surface area contributed by atoms with Gasteiger partial charge < -0.3 is 20.4 Å². The van der Waals surface area contributed by atoms with Crippen LogP contribution in [0.15, 0.2) is 0 Å². The number of nitrogens with zero attached hydrogens (tertiary/aromatic N) is 3. The number of carbonyl (C=O) groups excluding carboxylic acids is 1. The van der Waals surface area contributed by atoms with E-state index in [-0.39, 0.29) is 5.91 Å². The fourth-order valence-corrected chi connectivity index (χ4v) is 2.49. The van der Waals surface area contributed by atoms with Gasteiger partial charge >= 0.3 is 0 Å². The van der Waals surface area contributed by atoms with E-state index in [2.05, 4.69) is 23.9 Å². The van der Waals surface area contributed by atoms with Crippen molar-refractivity contribution in [2.24, 2.45) is 5.73 Å². The maximum Gasteiger partial charge on any atom is 0.222 e. The Hall–Kier alpha value is -0.650. The molecule has 0 spiro atoms. The van der Waals surface area contributed by atoms with Gasteiger partial charge in [0, 0.05) is 32.6 Å². The number of hydrogen-bond donors (Lipinski definition) is 1. The smallest absolute Gasteiger partial charge is 0.222 e. The molecule has 1 fully saturated rings. The van der Waals surface area contributed by atoms with E-state index in [1.54, 1.807) is 0 Å². The highest BCUT2D eigenvalue weighted by molar-refractivity contribution is 5.75. The van der Waals surface area contributed by atoms with Crippen LogP contribution in [0.4, 0.5) is 0 Å². The highest BCUT2D eigenvalue weighted by atomic mass is 16.2. The van der Waals surface area contributed by atoms with Crippen molar-refractivity contribution in [2.45, 2.75) is 31.7 Å². The van der Waals surface area contributed by atoms with E-state index in [1.165, 1.54) is 25.9 Å². The molecule has 112 valence electrons. The van der Waals surface area contributed by atoms with Crippen LogP contribution in [-0.2, 0) is 4.79 Å². The van der Waals surface area contributed by atoms with Crippen molar-refractivity contribution in [1.82, 2.24) is 14.7 Å². The summed E-state index contributed by atoms with van der Waals surface area (Å²) in [5, 5.41) is 0. The Morgan fingerprint density at radius 1 is 1.26 bits per heavy atom. The Morgan fingerprint density at radius 3 is 2.47 bits per heavy atom. The van der Waals surface area contributed by atoms with Crippen LogP contribution in [0.2, 0.25) is 0 Å². The predicted octanol–water partition coefficient (Wildman–Crippen LogP) is 0.210. The van der Waals surface area contributed by atoms with Gasteiger partial charge in [-0.15, -0.1) is 0 Å². The van der Waals surface area contributed by atoms with Gasteiger partial charge in [0.15, 0.2) is 0 Å². The Kier molecular flexibility index (Phi) is 7.34. The average molecular weight is 270 g/mol. The highest BCUT2D eigenvalue weighted by Gasteiger charge is 2.20. The second kappa shape index (κ2) is 8.51. The lowest BCUT2D eigenvalue weighted by atomic mass is 10.0. The van der Waals surface area contributed by atoms with Gasteiger partial charge in [0.05, 0.1) is 0 Å². The Balaban J connectivity index is 2.21. The summed E-state index contributed by atoms with van der Waals surface area (Å²) >= 11 is 0. The molecule has 0 aliphatic carbocycles.